The lowest BCUT2D eigenvalue weighted by atomic mass is 10.2. The molecule has 0 bridgehead atoms. The fraction of sp³-hybridized carbons (Fsp3) is 0.556. The number of aliphatic hydroxyl groups is 1. The molecule has 0 fully saturated rings. The monoisotopic (exact) mass is 213 g/mol. The summed E-state index contributed by atoms with van der Waals surface area (Å²) in [5.74, 6) is 1.98. The Balaban J connectivity index is 2.90. The van der Waals surface area contributed by atoms with E-state index in [9.17, 15) is 0 Å². The fourth-order valence-corrected chi connectivity index (χ4v) is 1.25. The highest BCUT2D eigenvalue weighted by Crippen LogP contribution is 2.11. The first-order valence-corrected chi connectivity index (χ1v) is 5.00. The molecule has 0 saturated heterocycles. The predicted octanol–water partition coefficient (Wildman–Crippen LogP) is 1.67. The van der Waals surface area contributed by atoms with Crippen LogP contribution < -0.4 is 5.32 Å². The predicted molar refractivity (Wildman–Crippen MR) is 59.1 cm³/mol. The van der Waals surface area contributed by atoms with Crippen LogP contribution in [0.4, 0.5) is 5.82 Å². The number of nitrogens with zero attached hydrogens (tertiary/aromatic N) is 1. The summed E-state index contributed by atoms with van der Waals surface area (Å²) in [7, 11) is 0. The second kappa shape index (κ2) is 5.07. The summed E-state index contributed by atoms with van der Waals surface area (Å²) < 4.78 is 0.563. The van der Waals surface area contributed by atoms with E-state index >= 15 is 0 Å². The van der Waals surface area contributed by atoms with E-state index in [0.29, 0.717) is 17.1 Å². The maximum Gasteiger partial charge on any atom is 0.131 e. The molecule has 1 rings (SSSR count). The van der Waals surface area contributed by atoms with Gasteiger partial charge in [-0.25, -0.2) is 4.98 Å². The SMILES string of the molecule is CC(C)c1nc(=S)cc(NCCO)[nH]1. The smallest absolute Gasteiger partial charge is 0.131 e. The first-order valence-electron chi connectivity index (χ1n) is 4.59. The van der Waals surface area contributed by atoms with Crippen LogP contribution in [0.1, 0.15) is 25.6 Å². The molecule has 0 saturated carbocycles. The molecule has 78 valence electrons. The summed E-state index contributed by atoms with van der Waals surface area (Å²) in [4.78, 5) is 7.32. The molecule has 0 radical (unpaired) electrons. The van der Waals surface area contributed by atoms with Gasteiger partial charge in [-0.3, -0.25) is 0 Å². The van der Waals surface area contributed by atoms with Crippen LogP contribution in [-0.2, 0) is 0 Å². The number of hydrogen-bond donors (Lipinski definition) is 3. The van der Waals surface area contributed by atoms with Crippen LogP contribution in [0.25, 0.3) is 0 Å². The molecule has 14 heavy (non-hydrogen) atoms. The van der Waals surface area contributed by atoms with Crippen LogP contribution >= 0.6 is 12.2 Å². The summed E-state index contributed by atoms with van der Waals surface area (Å²) in [5.41, 5.74) is 0. The Morgan fingerprint density at radius 1 is 1.64 bits per heavy atom. The van der Waals surface area contributed by atoms with Crippen molar-refractivity contribution < 1.29 is 5.11 Å². The van der Waals surface area contributed by atoms with Crippen molar-refractivity contribution >= 4 is 18.0 Å². The highest BCUT2D eigenvalue weighted by atomic mass is 32.1. The van der Waals surface area contributed by atoms with Crippen molar-refractivity contribution in [1.82, 2.24) is 9.97 Å². The standard InChI is InChI=1S/C9H15N3OS/c1-6(2)9-11-7(10-3-4-13)5-8(14)12-9/h5-6,13H,3-4H2,1-2H3,(H2,10,11,12,14). The number of aliphatic hydroxyl groups excluding tert-OH is 1. The highest BCUT2D eigenvalue weighted by Gasteiger charge is 2.02. The zero-order valence-electron chi connectivity index (χ0n) is 8.37. The second-order valence-corrected chi connectivity index (χ2v) is 3.74. The molecule has 0 aliphatic rings. The van der Waals surface area contributed by atoms with E-state index in [1.165, 1.54) is 0 Å². The van der Waals surface area contributed by atoms with Gasteiger partial charge in [-0.2, -0.15) is 0 Å². The van der Waals surface area contributed by atoms with Gasteiger partial charge in [-0.15, -0.1) is 0 Å². The summed E-state index contributed by atoms with van der Waals surface area (Å²) in [6.45, 7) is 4.69. The van der Waals surface area contributed by atoms with Gasteiger partial charge in [0.1, 0.15) is 16.3 Å². The van der Waals surface area contributed by atoms with Gasteiger partial charge in [-0.05, 0) is 0 Å². The Morgan fingerprint density at radius 3 is 2.93 bits per heavy atom. The minimum absolute atomic E-state index is 0.0972. The van der Waals surface area contributed by atoms with Gasteiger partial charge in [-0.1, -0.05) is 26.1 Å². The summed E-state index contributed by atoms with van der Waals surface area (Å²) in [5, 5.41) is 11.7. The van der Waals surface area contributed by atoms with Crippen molar-refractivity contribution in [3.05, 3.63) is 16.5 Å². The topological polar surface area (TPSA) is 60.9 Å². The van der Waals surface area contributed by atoms with E-state index in [4.69, 9.17) is 17.3 Å². The third kappa shape index (κ3) is 3.08. The van der Waals surface area contributed by atoms with Gasteiger partial charge in [0.05, 0.1) is 6.61 Å². The normalized spacial score (nSPS) is 10.6. The molecule has 0 atom stereocenters. The first-order chi connectivity index (χ1) is 6.63. The lowest BCUT2D eigenvalue weighted by Gasteiger charge is -2.09. The maximum atomic E-state index is 8.66. The number of rotatable bonds is 4. The molecule has 0 unspecified atom stereocenters. The molecule has 1 aromatic rings. The third-order valence-electron chi connectivity index (χ3n) is 1.74. The van der Waals surface area contributed by atoms with Crippen LogP contribution in [0, 0.1) is 4.64 Å². The average Bonchev–Trinajstić information content (AvgIpc) is 2.14. The number of H-pyrrole nitrogens is 1. The second-order valence-electron chi connectivity index (χ2n) is 3.32. The number of hydrogen-bond acceptors (Lipinski definition) is 4. The van der Waals surface area contributed by atoms with E-state index in [1.807, 2.05) is 13.8 Å². The van der Waals surface area contributed by atoms with Crippen molar-refractivity contribution in [3.63, 3.8) is 0 Å². The van der Waals surface area contributed by atoms with E-state index < -0.39 is 0 Å². The Hall–Kier alpha value is -0.940. The maximum absolute atomic E-state index is 8.66. The molecule has 5 heteroatoms. The van der Waals surface area contributed by atoms with Gasteiger partial charge >= 0.3 is 0 Å². The van der Waals surface area contributed by atoms with E-state index in [1.54, 1.807) is 6.07 Å². The minimum Gasteiger partial charge on any atom is -0.395 e. The van der Waals surface area contributed by atoms with Gasteiger partial charge in [0, 0.05) is 18.5 Å². The third-order valence-corrected chi connectivity index (χ3v) is 1.94. The van der Waals surface area contributed by atoms with Crippen molar-refractivity contribution in [3.8, 4) is 0 Å². The highest BCUT2D eigenvalue weighted by molar-refractivity contribution is 7.71. The molecule has 0 spiro atoms. The molecule has 0 aromatic carbocycles. The summed E-state index contributed by atoms with van der Waals surface area (Å²) in [6.07, 6.45) is 0. The quantitative estimate of drug-likeness (QED) is 0.666. The Morgan fingerprint density at radius 2 is 2.36 bits per heavy atom. The van der Waals surface area contributed by atoms with Gasteiger partial charge < -0.3 is 15.4 Å². The Kier molecular flexibility index (Phi) is 4.03. The molecule has 4 nitrogen and oxygen atoms in total. The average molecular weight is 213 g/mol. The van der Waals surface area contributed by atoms with Gasteiger partial charge in [0.2, 0.25) is 0 Å². The lowest BCUT2D eigenvalue weighted by molar-refractivity contribution is 0.311. The van der Waals surface area contributed by atoms with Crippen molar-refractivity contribution in [2.45, 2.75) is 19.8 Å². The molecular formula is C9H15N3OS. The molecule has 0 aliphatic carbocycles. The molecule has 3 N–H and O–H groups in total. The zero-order valence-corrected chi connectivity index (χ0v) is 9.19. The summed E-state index contributed by atoms with van der Waals surface area (Å²) >= 11 is 5.02. The molecule has 1 aromatic heterocycles. The molecule has 1 heterocycles. The number of nitrogens with one attached hydrogen (secondary N) is 2. The molecular weight excluding hydrogens is 198 g/mol. The van der Waals surface area contributed by atoms with Crippen LogP contribution in [0.15, 0.2) is 6.07 Å². The zero-order chi connectivity index (χ0) is 10.6. The van der Waals surface area contributed by atoms with E-state index in [0.717, 1.165) is 11.6 Å². The Labute approximate surface area is 88.4 Å². The fourth-order valence-electron chi connectivity index (χ4n) is 1.04. The van der Waals surface area contributed by atoms with E-state index in [-0.39, 0.29) is 6.61 Å². The number of aromatic amines is 1. The van der Waals surface area contributed by atoms with Crippen LogP contribution in [-0.4, -0.2) is 28.2 Å². The lowest BCUT2D eigenvalue weighted by Crippen LogP contribution is -2.09. The van der Waals surface area contributed by atoms with Crippen LogP contribution in [0.5, 0.6) is 0 Å². The molecule has 0 amide bonds. The first kappa shape index (κ1) is 11.1. The van der Waals surface area contributed by atoms with Crippen molar-refractivity contribution in [2.24, 2.45) is 0 Å². The van der Waals surface area contributed by atoms with Crippen molar-refractivity contribution in [2.75, 3.05) is 18.5 Å². The van der Waals surface area contributed by atoms with E-state index in [2.05, 4.69) is 15.3 Å². The van der Waals surface area contributed by atoms with Gasteiger partial charge in [0.25, 0.3) is 0 Å². The number of aromatic nitrogens is 2. The molecule has 0 aliphatic heterocycles. The van der Waals surface area contributed by atoms with Crippen LogP contribution in [0.2, 0.25) is 0 Å². The Bertz CT molecular complexity index is 348. The van der Waals surface area contributed by atoms with Gasteiger partial charge in [0.15, 0.2) is 0 Å². The number of anilines is 1. The van der Waals surface area contributed by atoms with Crippen molar-refractivity contribution in [1.29, 1.82) is 0 Å². The summed E-state index contributed by atoms with van der Waals surface area (Å²) in [6, 6.07) is 1.75. The largest absolute Gasteiger partial charge is 0.395 e. The minimum atomic E-state index is 0.0972. The van der Waals surface area contributed by atoms with Crippen LogP contribution in [0.3, 0.4) is 0 Å².